The van der Waals surface area contributed by atoms with Crippen molar-refractivity contribution in [1.29, 1.82) is 0 Å². The Labute approximate surface area is 112 Å². The predicted molar refractivity (Wildman–Crippen MR) is 72.5 cm³/mol. The number of aliphatic hydroxyl groups excluding tert-OH is 1. The Morgan fingerprint density at radius 3 is 3.00 bits per heavy atom. The summed E-state index contributed by atoms with van der Waals surface area (Å²) >= 11 is 0. The number of benzene rings is 1. The molecule has 1 fully saturated rings. The minimum atomic E-state index is -1.01. The molecular formula is C14H18N2O3. The van der Waals surface area contributed by atoms with E-state index < -0.39 is 6.10 Å². The monoisotopic (exact) mass is 262 g/mol. The lowest BCUT2D eigenvalue weighted by molar-refractivity contribution is -0.125. The SMILES string of the molecule is CN1C(=O)C(O)c2ccc(N3CCCOCC3)cc21. The first kappa shape index (κ1) is 12.4. The lowest BCUT2D eigenvalue weighted by Gasteiger charge is -2.23. The van der Waals surface area contributed by atoms with Gasteiger partial charge in [0.05, 0.1) is 12.3 Å². The van der Waals surface area contributed by atoms with Gasteiger partial charge in [0.25, 0.3) is 5.91 Å². The molecule has 1 aromatic carbocycles. The lowest BCUT2D eigenvalue weighted by atomic mass is 10.1. The third-order valence-corrected chi connectivity index (χ3v) is 3.82. The van der Waals surface area contributed by atoms with Gasteiger partial charge in [-0.05, 0) is 18.6 Å². The van der Waals surface area contributed by atoms with Crippen LogP contribution < -0.4 is 9.80 Å². The standard InChI is InChI=1S/C14H18N2O3/c1-15-12-9-10(16-5-2-7-19-8-6-16)3-4-11(12)13(17)14(15)18/h3-4,9,13,17H,2,5-8H2,1H3. The van der Waals surface area contributed by atoms with Gasteiger partial charge in [-0.15, -0.1) is 0 Å². The zero-order valence-corrected chi connectivity index (χ0v) is 11.0. The summed E-state index contributed by atoms with van der Waals surface area (Å²) in [5, 5.41) is 9.84. The Hall–Kier alpha value is -1.59. The molecule has 1 atom stereocenters. The first-order valence-electron chi connectivity index (χ1n) is 6.61. The molecule has 102 valence electrons. The molecule has 1 aromatic rings. The maximum absolute atomic E-state index is 11.7. The van der Waals surface area contributed by atoms with Gasteiger partial charge in [0, 0.05) is 38.0 Å². The van der Waals surface area contributed by atoms with E-state index in [1.807, 2.05) is 18.2 Å². The summed E-state index contributed by atoms with van der Waals surface area (Å²) in [7, 11) is 1.70. The fourth-order valence-corrected chi connectivity index (χ4v) is 2.69. The van der Waals surface area contributed by atoms with Crippen molar-refractivity contribution in [3.05, 3.63) is 23.8 Å². The Kier molecular flexibility index (Phi) is 3.16. The maximum atomic E-state index is 11.7. The smallest absolute Gasteiger partial charge is 0.260 e. The molecule has 0 saturated carbocycles. The number of ether oxygens (including phenoxy) is 1. The van der Waals surface area contributed by atoms with Gasteiger partial charge in [-0.25, -0.2) is 0 Å². The molecule has 0 radical (unpaired) electrons. The van der Waals surface area contributed by atoms with Crippen molar-refractivity contribution in [3.63, 3.8) is 0 Å². The van der Waals surface area contributed by atoms with E-state index in [-0.39, 0.29) is 5.91 Å². The first-order chi connectivity index (χ1) is 9.18. The highest BCUT2D eigenvalue weighted by Crippen LogP contribution is 2.37. The Morgan fingerprint density at radius 1 is 1.32 bits per heavy atom. The van der Waals surface area contributed by atoms with E-state index in [0.29, 0.717) is 5.56 Å². The van der Waals surface area contributed by atoms with E-state index in [1.165, 1.54) is 4.90 Å². The number of hydrogen-bond acceptors (Lipinski definition) is 4. The van der Waals surface area contributed by atoms with Crippen LogP contribution in [0.4, 0.5) is 11.4 Å². The third-order valence-electron chi connectivity index (χ3n) is 3.82. The van der Waals surface area contributed by atoms with Crippen molar-refractivity contribution >= 4 is 17.3 Å². The predicted octanol–water partition coefficient (Wildman–Crippen LogP) is 0.923. The number of likely N-dealkylation sites (N-methyl/N-ethyl adjacent to an activating group) is 1. The molecule has 0 aromatic heterocycles. The van der Waals surface area contributed by atoms with E-state index in [9.17, 15) is 9.90 Å². The Bertz CT molecular complexity index is 495. The molecule has 0 bridgehead atoms. The van der Waals surface area contributed by atoms with Crippen LogP contribution in [0.2, 0.25) is 0 Å². The molecule has 1 saturated heterocycles. The molecule has 1 unspecified atom stereocenters. The summed E-state index contributed by atoms with van der Waals surface area (Å²) in [6.45, 7) is 3.35. The maximum Gasteiger partial charge on any atom is 0.260 e. The summed E-state index contributed by atoms with van der Waals surface area (Å²) in [5.74, 6) is -0.258. The number of rotatable bonds is 1. The summed E-state index contributed by atoms with van der Waals surface area (Å²) in [5.41, 5.74) is 2.58. The van der Waals surface area contributed by atoms with Crippen molar-refractivity contribution < 1.29 is 14.6 Å². The van der Waals surface area contributed by atoms with E-state index in [2.05, 4.69) is 4.90 Å². The van der Waals surface area contributed by atoms with Crippen molar-refractivity contribution in [2.45, 2.75) is 12.5 Å². The second-order valence-corrected chi connectivity index (χ2v) is 5.00. The van der Waals surface area contributed by atoms with Crippen molar-refractivity contribution in [3.8, 4) is 0 Å². The number of nitrogens with zero attached hydrogens (tertiary/aromatic N) is 2. The molecule has 19 heavy (non-hydrogen) atoms. The Morgan fingerprint density at radius 2 is 2.16 bits per heavy atom. The molecule has 0 aliphatic carbocycles. The second kappa shape index (κ2) is 4.83. The molecule has 1 amide bonds. The minimum Gasteiger partial charge on any atom is -0.380 e. The molecule has 2 heterocycles. The molecule has 2 aliphatic rings. The van der Waals surface area contributed by atoms with Crippen LogP contribution in [0.15, 0.2) is 18.2 Å². The van der Waals surface area contributed by atoms with E-state index in [0.717, 1.165) is 44.1 Å². The molecule has 1 N–H and O–H groups in total. The van der Waals surface area contributed by atoms with Gasteiger partial charge in [-0.1, -0.05) is 6.07 Å². The van der Waals surface area contributed by atoms with Crippen LogP contribution in [0.3, 0.4) is 0 Å². The number of anilines is 2. The third kappa shape index (κ3) is 2.09. The molecule has 5 nitrogen and oxygen atoms in total. The molecule has 2 aliphatic heterocycles. The van der Waals surface area contributed by atoms with Crippen LogP contribution in [0.1, 0.15) is 18.1 Å². The van der Waals surface area contributed by atoms with Gasteiger partial charge in [0.15, 0.2) is 6.10 Å². The highest BCUT2D eigenvalue weighted by molar-refractivity contribution is 6.03. The number of carbonyl (C=O) groups excluding carboxylic acids is 1. The second-order valence-electron chi connectivity index (χ2n) is 5.00. The number of amides is 1. The average Bonchev–Trinajstić information content (AvgIpc) is 2.68. The minimum absolute atomic E-state index is 0.258. The van der Waals surface area contributed by atoms with Crippen molar-refractivity contribution in [2.24, 2.45) is 0 Å². The lowest BCUT2D eigenvalue weighted by Crippen LogP contribution is -2.26. The normalized spacial score (nSPS) is 23.5. The summed E-state index contributed by atoms with van der Waals surface area (Å²) in [6, 6.07) is 5.80. The van der Waals surface area contributed by atoms with Crippen LogP contribution in [0.5, 0.6) is 0 Å². The average molecular weight is 262 g/mol. The van der Waals surface area contributed by atoms with Gasteiger partial charge in [-0.2, -0.15) is 0 Å². The topological polar surface area (TPSA) is 53.0 Å². The zero-order valence-electron chi connectivity index (χ0n) is 11.0. The summed E-state index contributed by atoms with van der Waals surface area (Å²) in [4.78, 5) is 15.5. The van der Waals surface area contributed by atoms with E-state index >= 15 is 0 Å². The van der Waals surface area contributed by atoms with Crippen LogP contribution in [-0.4, -0.2) is 44.4 Å². The van der Waals surface area contributed by atoms with Crippen LogP contribution in [0.25, 0.3) is 0 Å². The number of fused-ring (bicyclic) bond motifs is 1. The zero-order chi connectivity index (χ0) is 13.4. The van der Waals surface area contributed by atoms with Gasteiger partial charge in [0.1, 0.15) is 0 Å². The van der Waals surface area contributed by atoms with Crippen molar-refractivity contribution in [1.82, 2.24) is 0 Å². The highest BCUT2D eigenvalue weighted by atomic mass is 16.5. The fourth-order valence-electron chi connectivity index (χ4n) is 2.69. The molecule has 3 rings (SSSR count). The largest absolute Gasteiger partial charge is 0.380 e. The van der Waals surface area contributed by atoms with Gasteiger partial charge < -0.3 is 19.6 Å². The van der Waals surface area contributed by atoms with E-state index in [4.69, 9.17) is 4.74 Å². The fraction of sp³-hybridized carbons (Fsp3) is 0.500. The molecule has 5 heteroatoms. The van der Waals surface area contributed by atoms with Crippen LogP contribution in [0, 0.1) is 0 Å². The molecular weight excluding hydrogens is 244 g/mol. The van der Waals surface area contributed by atoms with Gasteiger partial charge in [-0.3, -0.25) is 4.79 Å². The Balaban J connectivity index is 1.91. The summed E-state index contributed by atoms with van der Waals surface area (Å²) < 4.78 is 5.45. The van der Waals surface area contributed by atoms with Gasteiger partial charge >= 0.3 is 0 Å². The summed E-state index contributed by atoms with van der Waals surface area (Å²) in [6.07, 6.45) is -0.00407. The number of carbonyl (C=O) groups is 1. The number of aliphatic hydroxyl groups is 1. The highest BCUT2D eigenvalue weighted by Gasteiger charge is 2.33. The van der Waals surface area contributed by atoms with Gasteiger partial charge in [0.2, 0.25) is 0 Å². The van der Waals surface area contributed by atoms with E-state index in [1.54, 1.807) is 7.05 Å². The number of hydrogen-bond donors (Lipinski definition) is 1. The quantitative estimate of drug-likeness (QED) is 0.818. The van der Waals surface area contributed by atoms with Crippen LogP contribution in [-0.2, 0) is 9.53 Å². The van der Waals surface area contributed by atoms with Crippen LogP contribution >= 0.6 is 0 Å². The first-order valence-corrected chi connectivity index (χ1v) is 6.61. The molecule has 0 spiro atoms. The van der Waals surface area contributed by atoms with Crippen molar-refractivity contribution in [2.75, 3.05) is 43.2 Å².